The molecule has 138 valence electrons. The first-order valence-electron chi connectivity index (χ1n) is 7.07. The van der Waals surface area contributed by atoms with Crippen LogP contribution in [-0.4, -0.2) is 37.1 Å². The monoisotopic (exact) mass is 417 g/mol. The lowest BCUT2D eigenvalue weighted by molar-refractivity contribution is -0.384. The smallest absolute Gasteiger partial charge is 0.269 e. The molecule has 0 aliphatic carbocycles. The van der Waals surface area contributed by atoms with Gasteiger partial charge in [-0.3, -0.25) is 14.9 Å². The normalized spacial score (nSPS) is 11.4. The van der Waals surface area contributed by atoms with Gasteiger partial charge in [-0.1, -0.05) is 23.2 Å². The average molecular weight is 418 g/mol. The number of amides is 1. The minimum atomic E-state index is -4.03. The second-order valence-electron chi connectivity index (χ2n) is 5.19. The second-order valence-corrected chi connectivity index (χ2v) is 8.04. The Morgan fingerprint density at radius 1 is 1.19 bits per heavy atom. The zero-order valence-electron chi connectivity index (χ0n) is 13.3. The number of nitro benzene ring substituents is 1. The molecule has 2 aromatic carbocycles. The summed E-state index contributed by atoms with van der Waals surface area (Å²) in [6.07, 6.45) is 0. The molecule has 0 unspecified atom stereocenters. The molecule has 0 radical (unpaired) electrons. The van der Waals surface area contributed by atoms with Crippen molar-refractivity contribution in [3.05, 3.63) is 62.6 Å². The topological polar surface area (TPSA) is 110 Å². The van der Waals surface area contributed by atoms with E-state index in [1.54, 1.807) is 0 Å². The first-order chi connectivity index (χ1) is 12.1. The highest BCUT2D eigenvalue weighted by Crippen LogP contribution is 2.27. The van der Waals surface area contributed by atoms with Crippen LogP contribution in [0.3, 0.4) is 0 Å². The van der Waals surface area contributed by atoms with Crippen LogP contribution in [-0.2, 0) is 14.8 Å². The van der Waals surface area contributed by atoms with E-state index in [0.717, 1.165) is 4.31 Å². The fraction of sp³-hybridized carbons (Fsp3) is 0.133. The van der Waals surface area contributed by atoms with Crippen molar-refractivity contribution in [3.63, 3.8) is 0 Å². The van der Waals surface area contributed by atoms with Crippen molar-refractivity contribution in [1.29, 1.82) is 0 Å². The zero-order chi connectivity index (χ0) is 19.5. The Balaban J connectivity index is 2.10. The van der Waals surface area contributed by atoms with Crippen molar-refractivity contribution in [3.8, 4) is 0 Å². The van der Waals surface area contributed by atoms with Crippen LogP contribution >= 0.6 is 23.2 Å². The highest BCUT2D eigenvalue weighted by atomic mass is 35.5. The first kappa shape index (κ1) is 20.1. The summed E-state index contributed by atoms with van der Waals surface area (Å²) in [7, 11) is -2.81. The molecule has 0 aliphatic rings. The number of carbonyl (C=O) groups excluding carboxylic acids is 1. The van der Waals surface area contributed by atoms with Gasteiger partial charge in [0.05, 0.1) is 16.5 Å². The van der Waals surface area contributed by atoms with Crippen molar-refractivity contribution in [1.82, 2.24) is 4.31 Å². The number of carbonyl (C=O) groups is 1. The van der Waals surface area contributed by atoms with Crippen LogP contribution in [0.15, 0.2) is 47.4 Å². The van der Waals surface area contributed by atoms with E-state index in [2.05, 4.69) is 5.32 Å². The minimum Gasteiger partial charge on any atom is -0.325 e. The number of non-ortho nitro benzene ring substituents is 1. The third-order valence-electron chi connectivity index (χ3n) is 3.31. The van der Waals surface area contributed by atoms with Crippen LogP contribution in [0, 0.1) is 10.1 Å². The average Bonchev–Trinajstić information content (AvgIpc) is 2.57. The minimum absolute atomic E-state index is 0.0166. The largest absolute Gasteiger partial charge is 0.325 e. The molecule has 0 bridgehead atoms. The molecule has 0 atom stereocenters. The summed E-state index contributed by atoms with van der Waals surface area (Å²) in [6, 6.07) is 9.14. The Morgan fingerprint density at radius 2 is 1.81 bits per heavy atom. The van der Waals surface area contributed by atoms with Gasteiger partial charge in [0, 0.05) is 29.9 Å². The molecule has 0 spiro atoms. The third-order valence-corrected chi connectivity index (χ3v) is 5.83. The standard InChI is InChI=1S/C15H13Cl2N3O5S/c1-19(26(24,25)14-8-10(16)2-7-13(14)17)9-15(21)18-11-3-5-12(6-4-11)20(22)23/h2-8H,9H2,1H3,(H,18,21). The van der Waals surface area contributed by atoms with Crippen LogP contribution in [0.25, 0.3) is 0 Å². The van der Waals surface area contributed by atoms with E-state index in [4.69, 9.17) is 23.2 Å². The van der Waals surface area contributed by atoms with Gasteiger partial charge < -0.3 is 5.32 Å². The maximum absolute atomic E-state index is 12.5. The van der Waals surface area contributed by atoms with Crippen molar-refractivity contribution < 1.29 is 18.1 Å². The van der Waals surface area contributed by atoms with Gasteiger partial charge in [-0.25, -0.2) is 8.42 Å². The van der Waals surface area contributed by atoms with Crippen LogP contribution in [0.5, 0.6) is 0 Å². The van der Waals surface area contributed by atoms with Crippen molar-refractivity contribution in [2.45, 2.75) is 4.90 Å². The van der Waals surface area contributed by atoms with Gasteiger partial charge in [-0.05, 0) is 30.3 Å². The molecule has 1 N–H and O–H groups in total. The molecule has 0 fully saturated rings. The van der Waals surface area contributed by atoms with Crippen LogP contribution in [0.4, 0.5) is 11.4 Å². The molecule has 2 aromatic rings. The number of hydrogen-bond acceptors (Lipinski definition) is 5. The van der Waals surface area contributed by atoms with E-state index in [1.165, 1.54) is 49.5 Å². The maximum Gasteiger partial charge on any atom is 0.269 e. The summed E-state index contributed by atoms with van der Waals surface area (Å²) in [5, 5.41) is 13.2. The molecule has 26 heavy (non-hydrogen) atoms. The molecule has 0 aliphatic heterocycles. The van der Waals surface area contributed by atoms with E-state index in [0.29, 0.717) is 5.69 Å². The summed E-state index contributed by atoms with van der Waals surface area (Å²) >= 11 is 11.7. The number of nitrogens with one attached hydrogen (secondary N) is 1. The molecule has 0 saturated heterocycles. The summed E-state index contributed by atoms with van der Waals surface area (Å²) < 4.78 is 25.9. The van der Waals surface area contributed by atoms with E-state index in [-0.39, 0.29) is 20.6 Å². The number of nitrogens with zero attached hydrogens (tertiary/aromatic N) is 2. The highest BCUT2D eigenvalue weighted by Gasteiger charge is 2.25. The van der Waals surface area contributed by atoms with Crippen molar-refractivity contribution in [2.75, 3.05) is 18.9 Å². The highest BCUT2D eigenvalue weighted by molar-refractivity contribution is 7.89. The summed E-state index contributed by atoms with van der Waals surface area (Å²) in [4.78, 5) is 21.9. The molecular weight excluding hydrogens is 405 g/mol. The number of likely N-dealkylation sites (N-methyl/N-ethyl adjacent to an activating group) is 1. The fourth-order valence-corrected chi connectivity index (χ4v) is 3.86. The number of hydrogen-bond donors (Lipinski definition) is 1. The summed E-state index contributed by atoms with van der Waals surface area (Å²) in [5.41, 5.74) is 0.172. The Morgan fingerprint density at radius 3 is 2.38 bits per heavy atom. The molecule has 0 saturated carbocycles. The van der Waals surface area contributed by atoms with Crippen LogP contribution < -0.4 is 5.32 Å². The van der Waals surface area contributed by atoms with Gasteiger partial charge in [-0.15, -0.1) is 0 Å². The van der Waals surface area contributed by atoms with E-state index in [9.17, 15) is 23.3 Å². The lowest BCUT2D eigenvalue weighted by Gasteiger charge is -2.18. The molecule has 1 amide bonds. The Kier molecular flexibility index (Phi) is 6.19. The number of anilines is 1. The van der Waals surface area contributed by atoms with Gasteiger partial charge in [0.25, 0.3) is 5.69 Å². The molecule has 0 heterocycles. The zero-order valence-corrected chi connectivity index (χ0v) is 15.7. The predicted molar refractivity (Wildman–Crippen MR) is 98.0 cm³/mol. The molecular formula is C15H13Cl2N3O5S. The van der Waals surface area contributed by atoms with E-state index in [1.807, 2.05) is 0 Å². The third kappa shape index (κ3) is 4.70. The maximum atomic E-state index is 12.5. The number of benzene rings is 2. The van der Waals surface area contributed by atoms with Crippen LogP contribution in [0.2, 0.25) is 10.0 Å². The lowest BCUT2D eigenvalue weighted by atomic mass is 10.3. The number of sulfonamides is 1. The molecule has 11 heteroatoms. The Labute approximate surface area is 159 Å². The fourth-order valence-electron chi connectivity index (χ4n) is 2.00. The van der Waals surface area contributed by atoms with E-state index >= 15 is 0 Å². The number of halogens is 2. The van der Waals surface area contributed by atoms with Crippen molar-refractivity contribution in [2.24, 2.45) is 0 Å². The SMILES string of the molecule is CN(CC(=O)Nc1ccc([N+](=O)[O-])cc1)S(=O)(=O)c1cc(Cl)ccc1Cl. The van der Waals surface area contributed by atoms with Gasteiger partial charge in [0.15, 0.2) is 0 Å². The summed E-state index contributed by atoms with van der Waals surface area (Å²) in [6.45, 7) is -0.484. The second kappa shape index (κ2) is 8.00. The first-order valence-corrected chi connectivity index (χ1v) is 9.26. The quantitative estimate of drug-likeness (QED) is 0.573. The Bertz CT molecular complexity index is 948. The number of nitro groups is 1. The van der Waals surface area contributed by atoms with E-state index < -0.39 is 27.4 Å². The van der Waals surface area contributed by atoms with Crippen molar-refractivity contribution >= 4 is 50.5 Å². The molecule has 0 aromatic heterocycles. The van der Waals surface area contributed by atoms with Crippen LogP contribution in [0.1, 0.15) is 0 Å². The summed E-state index contributed by atoms with van der Waals surface area (Å²) in [5.74, 6) is -0.622. The lowest BCUT2D eigenvalue weighted by Crippen LogP contribution is -2.35. The number of rotatable bonds is 6. The van der Waals surface area contributed by atoms with Gasteiger partial charge in [0.2, 0.25) is 15.9 Å². The van der Waals surface area contributed by atoms with Gasteiger partial charge in [0.1, 0.15) is 4.90 Å². The predicted octanol–water partition coefficient (Wildman–Crippen LogP) is 3.16. The Hall–Kier alpha value is -2.20. The molecule has 2 rings (SSSR count). The molecule has 8 nitrogen and oxygen atoms in total. The van der Waals surface area contributed by atoms with Gasteiger partial charge >= 0.3 is 0 Å². The van der Waals surface area contributed by atoms with Gasteiger partial charge in [-0.2, -0.15) is 4.31 Å².